The Balaban J connectivity index is 2.83. The van der Waals surface area contributed by atoms with E-state index in [9.17, 15) is 9.90 Å². The van der Waals surface area contributed by atoms with Gasteiger partial charge in [0.2, 0.25) is 0 Å². The number of nitrogens with zero attached hydrogens (tertiary/aromatic N) is 1. The molecule has 5 N–H and O–H groups in total. The predicted octanol–water partition coefficient (Wildman–Crippen LogP) is 1.68. The summed E-state index contributed by atoms with van der Waals surface area (Å²) < 4.78 is 0. The largest absolute Gasteiger partial charge is 0.394 e. The van der Waals surface area contributed by atoms with Crippen LogP contribution in [0, 0.1) is 5.92 Å². The van der Waals surface area contributed by atoms with Gasteiger partial charge in [0.05, 0.1) is 12.6 Å². The van der Waals surface area contributed by atoms with Gasteiger partial charge in [0.1, 0.15) is 10.7 Å². The number of hydrogen-bond donors (Lipinski definition) is 4. The first kappa shape index (κ1) is 16.7. The van der Waals surface area contributed by atoms with E-state index in [4.69, 9.17) is 5.73 Å². The van der Waals surface area contributed by atoms with Gasteiger partial charge in [0, 0.05) is 5.54 Å². The van der Waals surface area contributed by atoms with Gasteiger partial charge < -0.3 is 21.5 Å². The van der Waals surface area contributed by atoms with E-state index >= 15 is 0 Å². The highest BCUT2D eigenvalue weighted by Crippen LogP contribution is 2.27. The minimum atomic E-state index is -0.297. The zero-order valence-corrected chi connectivity index (χ0v) is 13.5. The van der Waals surface area contributed by atoms with E-state index in [2.05, 4.69) is 15.6 Å². The van der Waals surface area contributed by atoms with Crippen LogP contribution < -0.4 is 16.4 Å². The molecule has 1 aromatic rings. The summed E-state index contributed by atoms with van der Waals surface area (Å²) in [6, 6.07) is -0.289. The van der Waals surface area contributed by atoms with E-state index in [1.165, 1.54) is 11.3 Å². The van der Waals surface area contributed by atoms with Crippen LogP contribution >= 0.6 is 11.3 Å². The minimum Gasteiger partial charge on any atom is -0.394 e. The predicted molar refractivity (Wildman–Crippen MR) is 83.1 cm³/mol. The number of nitrogens with one attached hydrogen (secondary N) is 2. The summed E-state index contributed by atoms with van der Waals surface area (Å²) in [6.45, 7) is 9.78. The molecule has 0 saturated carbocycles. The average Bonchev–Trinajstić information content (AvgIpc) is 2.63. The molecule has 1 heterocycles. The smallest absolute Gasteiger partial charge is 0.265 e. The summed E-state index contributed by atoms with van der Waals surface area (Å²) in [4.78, 5) is 16.7. The topological polar surface area (TPSA) is 100 Å². The van der Waals surface area contributed by atoms with Crippen LogP contribution in [0.15, 0.2) is 0 Å². The second-order valence-electron chi connectivity index (χ2n) is 6.11. The Bertz CT molecular complexity index is 465. The zero-order valence-electron chi connectivity index (χ0n) is 12.7. The zero-order chi connectivity index (χ0) is 15.5. The molecule has 0 spiro atoms. The van der Waals surface area contributed by atoms with Crippen molar-refractivity contribution in [1.29, 1.82) is 0 Å². The maximum atomic E-state index is 12.2. The number of thiazole rings is 1. The molecule has 1 amide bonds. The lowest BCUT2D eigenvalue weighted by atomic mass is 10.1. The van der Waals surface area contributed by atoms with Gasteiger partial charge in [-0.3, -0.25) is 4.79 Å². The fourth-order valence-electron chi connectivity index (χ4n) is 1.53. The molecular formula is C13H24N4O2S. The third-order valence-electron chi connectivity index (χ3n) is 2.66. The van der Waals surface area contributed by atoms with E-state index < -0.39 is 0 Å². The van der Waals surface area contributed by atoms with Crippen LogP contribution in [-0.2, 0) is 0 Å². The van der Waals surface area contributed by atoms with Crippen molar-refractivity contribution in [3.05, 3.63) is 4.88 Å². The van der Waals surface area contributed by atoms with Crippen molar-refractivity contribution in [3.8, 4) is 0 Å². The molecule has 0 aromatic carbocycles. The van der Waals surface area contributed by atoms with Gasteiger partial charge in [-0.15, -0.1) is 0 Å². The van der Waals surface area contributed by atoms with Gasteiger partial charge in [-0.1, -0.05) is 25.2 Å². The van der Waals surface area contributed by atoms with Crippen LogP contribution in [0.1, 0.15) is 44.3 Å². The Morgan fingerprint density at radius 3 is 2.50 bits per heavy atom. The second kappa shape index (κ2) is 6.41. The number of rotatable bonds is 5. The third kappa shape index (κ3) is 4.64. The molecule has 0 unspecified atom stereocenters. The molecule has 6 nitrogen and oxygen atoms in total. The summed E-state index contributed by atoms with van der Waals surface area (Å²) in [5.41, 5.74) is 5.64. The molecule has 0 aliphatic heterocycles. The maximum Gasteiger partial charge on any atom is 0.265 e. The van der Waals surface area contributed by atoms with E-state index in [0.29, 0.717) is 10.0 Å². The molecule has 1 aromatic heterocycles. The monoisotopic (exact) mass is 300 g/mol. The minimum absolute atomic E-state index is 0.102. The van der Waals surface area contributed by atoms with Gasteiger partial charge in [-0.05, 0) is 26.7 Å². The number of aromatic nitrogens is 1. The van der Waals surface area contributed by atoms with E-state index in [1.54, 1.807) is 0 Å². The molecule has 0 radical (unpaired) electrons. The first-order valence-corrected chi connectivity index (χ1v) is 7.42. The number of aliphatic hydroxyl groups excluding tert-OH is 1. The number of hydrogen-bond acceptors (Lipinski definition) is 6. The summed E-state index contributed by atoms with van der Waals surface area (Å²) in [7, 11) is 0. The lowest BCUT2D eigenvalue weighted by Gasteiger charge is -2.19. The van der Waals surface area contributed by atoms with Crippen LogP contribution in [-0.4, -0.2) is 34.2 Å². The number of nitrogen functional groups attached to an aromatic ring is 1. The molecule has 114 valence electrons. The fourth-order valence-corrected chi connectivity index (χ4v) is 2.52. The van der Waals surface area contributed by atoms with Gasteiger partial charge in [-0.2, -0.15) is 0 Å². The fraction of sp³-hybridized carbons (Fsp3) is 0.692. The molecule has 0 fully saturated rings. The summed E-state index contributed by atoms with van der Waals surface area (Å²) in [6.07, 6.45) is 0. The summed E-state index contributed by atoms with van der Waals surface area (Å²) in [5, 5.41) is 15.8. The Labute approximate surface area is 123 Å². The van der Waals surface area contributed by atoms with E-state index in [-0.39, 0.29) is 35.8 Å². The van der Waals surface area contributed by atoms with Crippen molar-refractivity contribution in [3.63, 3.8) is 0 Å². The van der Waals surface area contributed by atoms with Crippen molar-refractivity contribution in [2.24, 2.45) is 5.92 Å². The van der Waals surface area contributed by atoms with E-state index in [0.717, 1.165) is 0 Å². The van der Waals surface area contributed by atoms with Crippen LogP contribution in [0.3, 0.4) is 0 Å². The molecule has 0 aliphatic carbocycles. The maximum absolute atomic E-state index is 12.2. The van der Waals surface area contributed by atoms with Gasteiger partial charge >= 0.3 is 0 Å². The first-order chi connectivity index (χ1) is 9.14. The normalized spacial score (nSPS) is 13.3. The highest BCUT2D eigenvalue weighted by molar-refractivity contribution is 7.18. The van der Waals surface area contributed by atoms with Crippen molar-refractivity contribution < 1.29 is 9.90 Å². The quantitative estimate of drug-likeness (QED) is 0.663. The van der Waals surface area contributed by atoms with E-state index in [1.807, 2.05) is 34.6 Å². The first-order valence-electron chi connectivity index (χ1n) is 6.60. The SMILES string of the molecule is CC(C)[C@@H](CO)NC(=O)c1sc(NC(C)(C)C)nc1N. The molecule has 1 rings (SSSR count). The van der Waals surface area contributed by atoms with Crippen molar-refractivity contribution >= 4 is 28.2 Å². The Morgan fingerprint density at radius 2 is 2.05 bits per heavy atom. The van der Waals surface area contributed by atoms with Crippen molar-refractivity contribution in [2.45, 2.75) is 46.2 Å². The summed E-state index contributed by atoms with van der Waals surface area (Å²) >= 11 is 1.22. The van der Waals surface area contributed by atoms with Crippen molar-refractivity contribution in [2.75, 3.05) is 17.7 Å². The molecule has 0 saturated heterocycles. The Hall–Kier alpha value is -1.34. The Kier molecular flexibility index (Phi) is 5.35. The number of carbonyl (C=O) groups is 1. The average molecular weight is 300 g/mol. The third-order valence-corrected chi connectivity index (χ3v) is 3.64. The number of amides is 1. The van der Waals surface area contributed by atoms with Crippen LogP contribution in [0.4, 0.5) is 10.9 Å². The lowest BCUT2D eigenvalue weighted by molar-refractivity contribution is 0.0901. The van der Waals surface area contributed by atoms with Crippen molar-refractivity contribution in [1.82, 2.24) is 10.3 Å². The molecular weight excluding hydrogens is 276 g/mol. The summed E-state index contributed by atoms with van der Waals surface area (Å²) in [5.74, 6) is 0.0553. The Morgan fingerprint density at radius 1 is 1.45 bits per heavy atom. The highest BCUT2D eigenvalue weighted by Gasteiger charge is 2.22. The molecule has 0 bridgehead atoms. The molecule has 0 aliphatic rings. The standard InChI is InChI=1S/C13H24N4O2S/c1-7(2)8(6-18)15-11(19)9-10(14)16-12(20-9)17-13(3,4)5/h7-8,18H,6,14H2,1-5H3,(H,15,19)(H,16,17)/t8-/m1/s1. The number of aliphatic hydroxyl groups is 1. The molecule has 7 heteroatoms. The van der Waals surface area contributed by atoms with Gasteiger partial charge in [0.15, 0.2) is 5.13 Å². The van der Waals surface area contributed by atoms with Crippen LogP contribution in [0.2, 0.25) is 0 Å². The van der Waals surface area contributed by atoms with Crippen LogP contribution in [0.5, 0.6) is 0 Å². The second-order valence-corrected chi connectivity index (χ2v) is 7.11. The number of nitrogens with two attached hydrogens (primary N) is 1. The van der Waals surface area contributed by atoms with Crippen LogP contribution in [0.25, 0.3) is 0 Å². The molecule has 1 atom stereocenters. The molecule has 20 heavy (non-hydrogen) atoms. The number of anilines is 2. The van der Waals surface area contributed by atoms with Gasteiger partial charge in [-0.25, -0.2) is 4.98 Å². The highest BCUT2D eigenvalue weighted by atomic mass is 32.1. The number of carbonyl (C=O) groups excluding carboxylic acids is 1. The lowest BCUT2D eigenvalue weighted by Crippen LogP contribution is -2.41. The van der Waals surface area contributed by atoms with Gasteiger partial charge in [0.25, 0.3) is 5.91 Å².